The van der Waals surface area contributed by atoms with E-state index in [2.05, 4.69) is 70.1 Å². The number of allylic oxidation sites excluding steroid dienone is 2. The highest BCUT2D eigenvalue weighted by Gasteiger charge is 2.69. The van der Waals surface area contributed by atoms with Gasteiger partial charge in [0.2, 0.25) is 0 Å². The number of benzene rings is 1. The van der Waals surface area contributed by atoms with Gasteiger partial charge in [-0.1, -0.05) is 104 Å². The standard InChI is InChI=1S/C41H59NO3.CH4/c1-7-9-14-20-45-26-27(3)30(15-8-2)24-36(43)37-34(25-35-38(37)41(35,5)6)40(44)39(42-28(4)21-29-16-10-11-17-29)33-22-31-18-12-13-19-32(31)23-33;/h7,12-13,18-19,29-30,33-35,37-39,42H,1,3-4,8-11,14-17,20-26H2,2,5-6H3;1H4. The quantitative estimate of drug-likeness (QED) is 0.122. The van der Waals surface area contributed by atoms with E-state index in [9.17, 15) is 9.59 Å². The van der Waals surface area contributed by atoms with Gasteiger partial charge in [-0.3, -0.25) is 9.59 Å². The molecule has 1 aromatic carbocycles. The highest BCUT2D eigenvalue weighted by molar-refractivity contribution is 5.94. The minimum Gasteiger partial charge on any atom is -0.379 e. The molecule has 1 aromatic rings. The van der Waals surface area contributed by atoms with E-state index in [0.29, 0.717) is 37.4 Å². The maximum atomic E-state index is 14.8. The molecule has 0 aliphatic heterocycles. The number of carbonyl (C=O) groups excluding carboxylic acids is 2. The van der Waals surface area contributed by atoms with Crippen molar-refractivity contribution < 1.29 is 14.3 Å². The molecule has 0 radical (unpaired) electrons. The van der Waals surface area contributed by atoms with Crippen molar-refractivity contribution in [1.29, 1.82) is 0 Å². The topological polar surface area (TPSA) is 55.4 Å². The number of Topliss-reactive ketones (excluding diaryl/α,β-unsaturated/α-hetero) is 2. The predicted octanol–water partition coefficient (Wildman–Crippen LogP) is 9.48. The summed E-state index contributed by atoms with van der Waals surface area (Å²) in [6.07, 6.45) is 14.9. The van der Waals surface area contributed by atoms with E-state index in [1.165, 1.54) is 36.8 Å². The molecule has 0 saturated heterocycles. The number of unbranched alkanes of at least 4 members (excludes halogenated alkanes) is 1. The SMILES string of the molecule is C.C=CCCCOCC(=C)C(CCC)CC(=O)C1C(C(=O)C(NC(=C)CC2CCCC2)C2Cc3ccccc3C2)CC2C1C2(C)C. The molecular formula is C42H63NO3. The van der Waals surface area contributed by atoms with Crippen molar-refractivity contribution in [1.82, 2.24) is 5.32 Å². The molecule has 254 valence electrons. The highest BCUT2D eigenvalue weighted by Crippen LogP contribution is 2.71. The van der Waals surface area contributed by atoms with Crippen molar-refractivity contribution in [2.24, 2.45) is 46.8 Å². The first-order chi connectivity index (χ1) is 21.6. The summed E-state index contributed by atoms with van der Waals surface area (Å²) in [6.45, 7) is 20.6. The molecule has 0 aromatic heterocycles. The van der Waals surface area contributed by atoms with E-state index in [0.717, 1.165) is 62.6 Å². The van der Waals surface area contributed by atoms with Crippen LogP contribution in [0.5, 0.6) is 0 Å². The minimum atomic E-state index is -0.294. The lowest BCUT2D eigenvalue weighted by Gasteiger charge is -2.33. The fraction of sp³-hybridized carbons (Fsp3) is 0.667. The van der Waals surface area contributed by atoms with Gasteiger partial charge < -0.3 is 10.1 Å². The molecule has 0 heterocycles. The zero-order chi connectivity index (χ0) is 32.1. The van der Waals surface area contributed by atoms with Gasteiger partial charge in [0.05, 0.1) is 12.6 Å². The van der Waals surface area contributed by atoms with E-state index in [-0.39, 0.29) is 54.1 Å². The van der Waals surface area contributed by atoms with Crippen molar-refractivity contribution in [3.05, 3.63) is 72.5 Å². The maximum absolute atomic E-state index is 14.8. The second-order valence-electron chi connectivity index (χ2n) is 15.5. The van der Waals surface area contributed by atoms with E-state index >= 15 is 0 Å². The zero-order valence-electron chi connectivity index (χ0n) is 28.5. The number of fused-ring (bicyclic) bond motifs is 2. The molecule has 4 nitrogen and oxygen atoms in total. The largest absolute Gasteiger partial charge is 0.379 e. The fourth-order valence-electron chi connectivity index (χ4n) is 9.49. The van der Waals surface area contributed by atoms with Crippen molar-refractivity contribution in [2.45, 2.75) is 118 Å². The smallest absolute Gasteiger partial charge is 0.159 e. The Balaban J connectivity index is 0.00000480. The van der Waals surface area contributed by atoms with Crippen LogP contribution in [0.4, 0.5) is 0 Å². The van der Waals surface area contributed by atoms with Crippen LogP contribution in [0.3, 0.4) is 0 Å². The Labute approximate surface area is 280 Å². The van der Waals surface area contributed by atoms with Gasteiger partial charge in [-0.2, -0.15) is 0 Å². The highest BCUT2D eigenvalue weighted by atomic mass is 16.5. The van der Waals surface area contributed by atoms with Gasteiger partial charge >= 0.3 is 0 Å². The van der Waals surface area contributed by atoms with Crippen LogP contribution in [-0.4, -0.2) is 30.8 Å². The number of ketones is 2. The van der Waals surface area contributed by atoms with Crippen LogP contribution in [0.2, 0.25) is 0 Å². The number of nitrogens with one attached hydrogen (secondary N) is 1. The maximum Gasteiger partial charge on any atom is 0.159 e. The summed E-state index contributed by atoms with van der Waals surface area (Å²) in [7, 11) is 0. The van der Waals surface area contributed by atoms with Crippen molar-refractivity contribution in [3.8, 4) is 0 Å². The van der Waals surface area contributed by atoms with E-state index in [4.69, 9.17) is 4.74 Å². The number of rotatable bonds is 19. The van der Waals surface area contributed by atoms with Gasteiger partial charge in [-0.15, -0.1) is 6.58 Å². The molecule has 4 heteroatoms. The van der Waals surface area contributed by atoms with Gasteiger partial charge in [0.1, 0.15) is 5.78 Å². The molecule has 6 unspecified atom stereocenters. The second kappa shape index (κ2) is 16.1. The number of hydrogen-bond donors (Lipinski definition) is 1. The van der Waals surface area contributed by atoms with E-state index < -0.39 is 0 Å². The lowest BCUT2D eigenvalue weighted by atomic mass is 9.73. The summed E-state index contributed by atoms with van der Waals surface area (Å²) in [5.74, 6) is 1.84. The first-order valence-electron chi connectivity index (χ1n) is 18.1. The van der Waals surface area contributed by atoms with Crippen LogP contribution in [0, 0.1) is 46.8 Å². The summed E-state index contributed by atoms with van der Waals surface area (Å²) in [5, 5.41) is 3.73. The van der Waals surface area contributed by atoms with Crippen LogP contribution < -0.4 is 5.32 Å². The molecule has 4 aliphatic carbocycles. The van der Waals surface area contributed by atoms with E-state index in [1.807, 2.05) is 6.08 Å². The average Bonchev–Trinajstić information content (AvgIpc) is 3.59. The summed E-state index contributed by atoms with van der Waals surface area (Å²) >= 11 is 0. The molecule has 4 aliphatic rings. The Kier molecular flexibility index (Phi) is 12.7. The minimum absolute atomic E-state index is 0. The van der Waals surface area contributed by atoms with E-state index in [1.54, 1.807) is 0 Å². The third kappa shape index (κ3) is 8.15. The van der Waals surface area contributed by atoms with Gasteiger partial charge in [0.15, 0.2) is 5.78 Å². The molecule has 0 spiro atoms. The van der Waals surface area contributed by atoms with Crippen LogP contribution in [0.15, 0.2) is 61.3 Å². The van der Waals surface area contributed by atoms with Crippen LogP contribution in [0.1, 0.15) is 110 Å². The molecule has 1 N–H and O–H groups in total. The van der Waals surface area contributed by atoms with Gasteiger partial charge in [0.25, 0.3) is 0 Å². The number of carbonyl (C=O) groups is 2. The number of hydrogen-bond acceptors (Lipinski definition) is 4. The Hall–Kier alpha value is -2.46. The number of ether oxygens (including phenoxy) is 1. The first kappa shape index (κ1) is 36.4. The molecule has 3 fully saturated rings. The van der Waals surface area contributed by atoms with Gasteiger partial charge in [-0.05, 0) is 96.7 Å². The molecule has 3 saturated carbocycles. The summed E-state index contributed by atoms with van der Waals surface area (Å²) in [4.78, 5) is 29.2. The molecule has 0 bridgehead atoms. The molecule has 6 atom stereocenters. The van der Waals surface area contributed by atoms with Crippen LogP contribution in [0.25, 0.3) is 0 Å². The molecular weight excluding hydrogens is 566 g/mol. The first-order valence-corrected chi connectivity index (χ1v) is 18.1. The Morgan fingerprint density at radius 1 is 1.11 bits per heavy atom. The normalized spacial score (nSPS) is 26.0. The Morgan fingerprint density at radius 3 is 2.41 bits per heavy atom. The van der Waals surface area contributed by atoms with Gasteiger partial charge in [-0.25, -0.2) is 0 Å². The average molecular weight is 630 g/mol. The lowest BCUT2D eigenvalue weighted by molar-refractivity contribution is -0.135. The van der Waals surface area contributed by atoms with Gasteiger partial charge in [0, 0.05) is 30.6 Å². The third-order valence-corrected chi connectivity index (χ3v) is 12.1. The third-order valence-electron chi connectivity index (χ3n) is 12.1. The summed E-state index contributed by atoms with van der Waals surface area (Å²) < 4.78 is 5.92. The predicted molar refractivity (Wildman–Crippen MR) is 191 cm³/mol. The lowest BCUT2D eigenvalue weighted by Crippen LogP contribution is -2.48. The molecule has 5 rings (SSSR count). The second-order valence-corrected chi connectivity index (χ2v) is 15.5. The Morgan fingerprint density at radius 2 is 1.78 bits per heavy atom. The molecule has 46 heavy (non-hydrogen) atoms. The fourth-order valence-corrected chi connectivity index (χ4v) is 9.49. The summed E-state index contributed by atoms with van der Waals surface area (Å²) in [5.41, 5.74) is 4.87. The van der Waals surface area contributed by atoms with Crippen molar-refractivity contribution >= 4 is 11.6 Å². The van der Waals surface area contributed by atoms with Crippen molar-refractivity contribution in [2.75, 3.05) is 13.2 Å². The van der Waals surface area contributed by atoms with Crippen LogP contribution in [-0.2, 0) is 27.2 Å². The monoisotopic (exact) mass is 629 g/mol. The summed E-state index contributed by atoms with van der Waals surface area (Å²) in [6, 6.07) is 8.36. The zero-order valence-corrected chi connectivity index (χ0v) is 28.5. The van der Waals surface area contributed by atoms with Crippen molar-refractivity contribution in [3.63, 3.8) is 0 Å². The molecule has 0 amide bonds. The van der Waals surface area contributed by atoms with Crippen LogP contribution >= 0.6 is 0 Å². The Bertz CT molecular complexity index is 1210.